The van der Waals surface area contributed by atoms with Crippen molar-refractivity contribution in [2.24, 2.45) is 0 Å². The van der Waals surface area contributed by atoms with Crippen LogP contribution in [0.15, 0.2) is 65.6 Å². The number of ether oxygens (including phenoxy) is 1. The Balaban J connectivity index is 1.52. The Morgan fingerprint density at radius 1 is 1.00 bits per heavy atom. The molecule has 0 unspecified atom stereocenters. The van der Waals surface area contributed by atoms with Crippen LogP contribution in [0.4, 0.5) is 10.1 Å². The number of hydrogen-bond acceptors (Lipinski definition) is 5. The Hall–Kier alpha value is -3.19. The molecule has 0 aliphatic rings. The van der Waals surface area contributed by atoms with Crippen molar-refractivity contribution in [2.75, 3.05) is 17.7 Å². The Morgan fingerprint density at radius 3 is 2.48 bits per heavy atom. The smallest absolute Gasteiger partial charge is 0.316 e. The molecule has 0 radical (unpaired) electrons. The van der Waals surface area contributed by atoms with E-state index in [2.05, 4.69) is 5.32 Å². The lowest BCUT2D eigenvalue weighted by Gasteiger charge is -2.07. The molecule has 1 N–H and O–H groups in total. The third kappa shape index (κ3) is 5.65. The van der Waals surface area contributed by atoms with Gasteiger partial charge >= 0.3 is 5.97 Å². The molecular weight excluding hydrogens is 393 g/mol. The quantitative estimate of drug-likeness (QED) is 0.353. The number of Topliss-reactive ketones (excluding diaryl/α,β-unsaturated/α-hetero) is 1. The topological polar surface area (TPSA) is 72.5 Å². The summed E-state index contributed by atoms with van der Waals surface area (Å²) in [5.74, 6) is -2.31. The lowest BCUT2D eigenvalue weighted by molar-refractivity contribution is -0.139. The number of hydrogen-bond donors (Lipinski definition) is 1. The van der Waals surface area contributed by atoms with Crippen molar-refractivity contribution in [3.05, 3.63) is 72.0 Å². The highest BCUT2D eigenvalue weighted by Crippen LogP contribution is 2.23. The van der Waals surface area contributed by atoms with Crippen molar-refractivity contribution in [3.8, 4) is 0 Å². The van der Waals surface area contributed by atoms with Crippen LogP contribution in [0.3, 0.4) is 0 Å². The van der Waals surface area contributed by atoms with Crippen LogP contribution in [-0.2, 0) is 14.3 Å². The summed E-state index contributed by atoms with van der Waals surface area (Å²) in [6.45, 7) is 0.750. The first kappa shape index (κ1) is 20.5. The van der Waals surface area contributed by atoms with E-state index in [1.165, 1.54) is 30.8 Å². The van der Waals surface area contributed by atoms with Crippen LogP contribution in [0.25, 0.3) is 10.8 Å². The number of fused-ring (bicyclic) bond motifs is 1. The molecule has 3 aromatic rings. The van der Waals surface area contributed by atoms with Gasteiger partial charge in [0.25, 0.3) is 0 Å². The SMILES string of the molecule is CC(=O)Nc1ccc(C(=O)COC(=O)CSc2ccc3ccccc3c2)c(F)c1. The third-order valence-electron chi connectivity index (χ3n) is 4.03. The lowest BCUT2D eigenvalue weighted by atomic mass is 10.1. The molecule has 0 heterocycles. The fraction of sp³-hybridized carbons (Fsp3) is 0.136. The zero-order valence-electron chi connectivity index (χ0n) is 15.6. The van der Waals surface area contributed by atoms with Gasteiger partial charge in [0, 0.05) is 17.5 Å². The number of anilines is 1. The zero-order valence-corrected chi connectivity index (χ0v) is 16.4. The van der Waals surface area contributed by atoms with Crippen molar-refractivity contribution in [1.29, 1.82) is 0 Å². The maximum atomic E-state index is 14.1. The van der Waals surface area contributed by atoms with Crippen LogP contribution in [0, 0.1) is 5.82 Å². The van der Waals surface area contributed by atoms with Gasteiger partial charge in [-0.2, -0.15) is 0 Å². The van der Waals surface area contributed by atoms with Gasteiger partial charge < -0.3 is 10.1 Å². The molecule has 29 heavy (non-hydrogen) atoms. The number of carbonyl (C=O) groups excluding carboxylic acids is 3. The molecule has 0 aliphatic heterocycles. The number of thioether (sulfide) groups is 1. The van der Waals surface area contributed by atoms with Gasteiger partial charge in [0.1, 0.15) is 5.82 Å². The molecule has 5 nitrogen and oxygen atoms in total. The standard InChI is InChI=1S/C22H18FNO4S/c1-14(25)24-17-7-9-19(20(23)11-17)21(26)12-28-22(27)13-29-18-8-6-15-4-2-3-5-16(15)10-18/h2-11H,12-13H2,1H3,(H,24,25). The maximum Gasteiger partial charge on any atom is 0.316 e. The Morgan fingerprint density at radius 2 is 1.76 bits per heavy atom. The van der Waals surface area contributed by atoms with E-state index in [4.69, 9.17) is 4.74 Å². The molecule has 3 rings (SSSR count). The molecule has 148 valence electrons. The first-order chi connectivity index (χ1) is 13.9. The van der Waals surface area contributed by atoms with Crippen LogP contribution in [0.1, 0.15) is 17.3 Å². The highest BCUT2D eigenvalue weighted by atomic mass is 32.2. The number of rotatable bonds is 7. The fourth-order valence-electron chi connectivity index (χ4n) is 2.69. The molecule has 0 atom stereocenters. The van der Waals surface area contributed by atoms with Crippen LogP contribution in [0.5, 0.6) is 0 Å². The summed E-state index contributed by atoms with van der Waals surface area (Å²) in [6.07, 6.45) is 0. The Kier molecular flexibility index (Phi) is 6.61. The van der Waals surface area contributed by atoms with Gasteiger partial charge in [-0.1, -0.05) is 30.3 Å². The van der Waals surface area contributed by atoms with E-state index in [-0.39, 0.29) is 22.9 Å². The van der Waals surface area contributed by atoms with Gasteiger partial charge in [-0.05, 0) is 41.1 Å². The molecule has 7 heteroatoms. The van der Waals surface area contributed by atoms with Crippen molar-refractivity contribution in [2.45, 2.75) is 11.8 Å². The van der Waals surface area contributed by atoms with Gasteiger partial charge in [-0.3, -0.25) is 14.4 Å². The summed E-state index contributed by atoms with van der Waals surface area (Å²) in [5, 5.41) is 4.60. The van der Waals surface area contributed by atoms with Gasteiger partial charge in [0.2, 0.25) is 11.7 Å². The highest BCUT2D eigenvalue weighted by Gasteiger charge is 2.15. The van der Waals surface area contributed by atoms with Crippen molar-refractivity contribution < 1.29 is 23.5 Å². The number of amides is 1. The fourth-order valence-corrected chi connectivity index (χ4v) is 3.43. The summed E-state index contributed by atoms with van der Waals surface area (Å²) in [7, 11) is 0. The maximum absolute atomic E-state index is 14.1. The van der Waals surface area contributed by atoms with Crippen molar-refractivity contribution >= 4 is 45.9 Å². The molecule has 0 aromatic heterocycles. The van der Waals surface area contributed by atoms with Gasteiger partial charge in [0.15, 0.2) is 6.61 Å². The number of esters is 1. The van der Waals surface area contributed by atoms with E-state index in [1.54, 1.807) is 0 Å². The van der Waals surface area contributed by atoms with Gasteiger partial charge in [0.05, 0.1) is 11.3 Å². The van der Waals surface area contributed by atoms with Crippen LogP contribution in [0.2, 0.25) is 0 Å². The second-order valence-corrected chi connectivity index (χ2v) is 7.31. The number of carbonyl (C=O) groups is 3. The normalized spacial score (nSPS) is 10.6. The van der Waals surface area contributed by atoms with E-state index in [1.807, 2.05) is 42.5 Å². The monoisotopic (exact) mass is 411 g/mol. The minimum Gasteiger partial charge on any atom is -0.457 e. The first-order valence-electron chi connectivity index (χ1n) is 8.80. The van der Waals surface area contributed by atoms with Crippen molar-refractivity contribution in [1.82, 2.24) is 0 Å². The van der Waals surface area contributed by atoms with E-state index >= 15 is 0 Å². The minimum atomic E-state index is -0.789. The molecular formula is C22H18FNO4S. The third-order valence-corrected chi connectivity index (χ3v) is 5.00. The molecule has 0 bridgehead atoms. The van der Waals surface area contributed by atoms with E-state index in [0.717, 1.165) is 21.7 Å². The average molecular weight is 411 g/mol. The second-order valence-electron chi connectivity index (χ2n) is 6.26. The first-order valence-corrected chi connectivity index (χ1v) is 9.78. The number of halogens is 1. The van der Waals surface area contributed by atoms with Crippen molar-refractivity contribution in [3.63, 3.8) is 0 Å². The Labute approximate surface area is 171 Å². The predicted molar refractivity (Wildman–Crippen MR) is 111 cm³/mol. The lowest BCUT2D eigenvalue weighted by Crippen LogP contribution is -2.17. The molecule has 0 saturated heterocycles. The van der Waals surface area contributed by atoms with E-state index in [9.17, 15) is 18.8 Å². The molecule has 0 aliphatic carbocycles. The minimum absolute atomic E-state index is 0.0373. The molecule has 0 fully saturated rings. The summed E-state index contributed by atoms with van der Waals surface area (Å²) in [4.78, 5) is 36.0. The van der Waals surface area contributed by atoms with E-state index < -0.39 is 24.2 Å². The van der Waals surface area contributed by atoms with Crippen LogP contribution < -0.4 is 5.32 Å². The predicted octanol–water partition coefficient (Wildman–Crippen LogP) is 4.46. The highest BCUT2D eigenvalue weighted by molar-refractivity contribution is 8.00. The molecule has 1 amide bonds. The van der Waals surface area contributed by atoms with Crippen LogP contribution in [-0.4, -0.2) is 30.0 Å². The van der Waals surface area contributed by atoms with E-state index in [0.29, 0.717) is 0 Å². The second kappa shape index (κ2) is 9.34. The molecule has 3 aromatic carbocycles. The summed E-state index contributed by atoms with van der Waals surface area (Å²) < 4.78 is 19.0. The zero-order chi connectivity index (χ0) is 20.8. The summed E-state index contributed by atoms with van der Waals surface area (Å²) >= 11 is 1.30. The van der Waals surface area contributed by atoms with Gasteiger partial charge in [-0.15, -0.1) is 11.8 Å². The number of nitrogens with one attached hydrogen (secondary N) is 1. The number of ketones is 1. The Bertz CT molecular complexity index is 1080. The number of benzene rings is 3. The average Bonchev–Trinajstić information content (AvgIpc) is 2.70. The van der Waals surface area contributed by atoms with Gasteiger partial charge in [-0.25, -0.2) is 4.39 Å². The largest absolute Gasteiger partial charge is 0.457 e. The molecule has 0 saturated carbocycles. The summed E-state index contributed by atoms with van der Waals surface area (Å²) in [5.41, 5.74) is 0.0458. The summed E-state index contributed by atoms with van der Waals surface area (Å²) in [6, 6.07) is 17.5. The molecule has 0 spiro atoms. The van der Waals surface area contributed by atoms with Crippen LogP contribution >= 0.6 is 11.8 Å².